The molecule has 2 aromatic heterocycles. The van der Waals surface area contributed by atoms with Crippen LogP contribution in [0.25, 0.3) is 11.0 Å². The molecule has 1 aliphatic rings. The van der Waals surface area contributed by atoms with Crippen molar-refractivity contribution in [3.8, 4) is 0 Å². The van der Waals surface area contributed by atoms with E-state index in [0.717, 1.165) is 11.3 Å². The average molecular weight is 258 g/mol. The van der Waals surface area contributed by atoms with E-state index in [9.17, 15) is 0 Å². The molecule has 0 radical (unpaired) electrons. The third-order valence-electron chi connectivity index (χ3n) is 4.57. The SMILES string of the molecule is CC(C)(N)C(C)(C)c1nc2cnccc2n1C1CC1. The van der Waals surface area contributed by atoms with Gasteiger partial charge in [0.05, 0.1) is 11.7 Å². The first kappa shape index (κ1) is 12.6. The molecule has 0 aromatic carbocycles. The second-order valence-corrected chi connectivity index (χ2v) is 6.75. The minimum Gasteiger partial charge on any atom is -0.325 e. The lowest BCUT2D eigenvalue weighted by Gasteiger charge is -2.38. The summed E-state index contributed by atoms with van der Waals surface area (Å²) in [5.74, 6) is 1.09. The van der Waals surface area contributed by atoms with Crippen molar-refractivity contribution in [1.29, 1.82) is 0 Å². The average Bonchev–Trinajstić information content (AvgIpc) is 3.07. The molecule has 4 nitrogen and oxygen atoms in total. The van der Waals surface area contributed by atoms with Gasteiger partial charge in [-0.2, -0.15) is 0 Å². The normalized spacial score (nSPS) is 17.1. The number of fused-ring (bicyclic) bond motifs is 1. The zero-order chi connectivity index (χ0) is 13.8. The molecular weight excluding hydrogens is 236 g/mol. The van der Waals surface area contributed by atoms with Crippen LogP contribution in [0.15, 0.2) is 18.5 Å². The molecule has 0 bridgehead atoms. The molecule has 2 heterocycles. The first-order valence-electron chi connectivity index (χ1n) is 6.93. The fourth-order valence-electron chi connectivity index (χ4n) is 2.38. The molecule has 0 spiro atoms. The van der Waals surface area contributed by atoms with E-state index >= 15 is 0 Å². The summed E-state index contributed by atoms with van der Waals surface area (Å²) in [6.07, 6.45) is 6.16. The molecule has 4 heteroatoms. The lowest BCUT2D eigenvalue weighted by atomic mass is 9.74. The van der Waals surface area contributed by atoms with Crippen LogP contribution in [0.2, 0.25) is 0 Å². The maximum absolute atomic E-state index is 6.39. The number of aromatic nitrogens is 3. The molecule has 0 aliphatic heterocycles. The van der Waals surface area contributed by atoms with Crippen molar-refractivity contribution in [3.05, 3.63) is 24.3 Å². The van der Waals surface area contributed by atoms with Crippen LogP contribution in [0.4, 0.5) is 0 Å². The summed E-state index contributed by atoms with van der Waals surface area (Å²) in [6.45, 7) is 8.50. The van der Waals surface area contributed by atoms with E-state index in [1.807, 2.05) is 12.4 Å². The lowest BCUT2D eigenvalue weighted by molar-refractivity contribution is 0.283. The first-order chi connectivity index (χ1) is 8.82. The Labute approximate surface area is 114 Å². The lowest BCUT2D eigenvalue weighted by Crippen LogP contribution is -2.51. The molecular formula is C15H22N4. The van der Waals surface area contributed by atoms with Gasteiger partial charge in [-0.1, -0.05) is 13.8 Å². The monoisotopic (exact) mass is 258 g/mol. The molecule has 0 amide bonds. The van der Waals surface area contributed by atoms with Gasteiger partial charge in [0, 0.05) is 23.2 Å². The molecule has 1 saturated carbocycles. The van der Waals surface area contributed by atoms with Crippen LogP contribution in [-0.4, -0.2) is 20.1 Å². The van der Waals surface area contributed by atoms with Gasteiger partial charge in [-0.25, -0.2) is 4.98 Å². The third-order valence-corrected chi connectivity index (χ3v) is 4.57. The van der Waals surface area contributed by atoms with Gasteiger partial charge < -0.3 is 10.3 Å². The first-order valence-corrected chi connectivity index (χ1v) is 6.93. The molecule has 2 N–H and O–H groups in total. The van der Waals surface area contributed by atoms with Crippen molar-refractivity contribution in [3.63, 3.8) is 0 Å². The molecule has 1 aliphatic carbocycles. The Hall–Kier alpha value is -1.42. The van der Waals surface area contributed by atoms with E-state index in [2.05, 4.69) is 43.3 Å². The molecule has 19 heavy (non-hydrogen) atoms. The summed E-state index contributed by atoms with van der Waals surface area (Å²) in [4.78, 5) is 9.02. The second kappa shape index (κ2) is 3.79. The van der Waals surface area contributed by atoms with Gasteiger partial charge in [0.15, 0.2) is 0 Å². The van der Waals surface area contributed by atoms with E-state index in [-0.39, 0.29) is 11.0 Å². The number of rotatable bonds is 3. The number of pyridine rings is 1. The Morgan fingerprint density at radius 2 is 1.95 bits per heavy atom. The van der Waals surface area contributed by atoms with Gasteiger partial charge in [0.2, 0.25) is 0 Å². The van der Waals surface area contributed by atoms with Crippen LogP contribution in [0, 0.1) is 0 Å². The molecule has 2 aromatic rings. The highest BCUT2D eigenvalue weighted by Crippen LogP contribution is 2.43. The van der Waals surface area contributed by atoms with Crippen molar-refractivity contribution >= 4 is 11.0 Å². The van der Waals surface area contributed by atoms with Gasteiger partial charge >= 0.3 is 0 Å². The summed E-state index contributed by atoms with van der Waals surface area (Å²) >= 11 is 0. The molecule has 1 fully saturated rings. The zero-order valence-electron chi connectivity index (χ0n) is 12.1. The van der Waals surface area contributed by atoms with Crippen LogP contribution in [-0.2, 0) is 5.41 Å². The molecule has 0 saturated heterocycles. The topological polar surface area (TPSA) is 56.7 Å². The van der Waals surface area contributed by atoms with Crippen molar-refractivity contribution in [1.82, 2.24) is 14.5 Å². The Morgan fingerprint density at radius 3 is 2.53 bits per heavy atom. The molecule has 3 rings (SSSR count). The summed E-state index contributed by atoms with van der Waals surface area (Å²) in [5.41, 5.74) is 8.04. The molecule has 0 unspecified atom stereocenters. The number of nitrogens with zero attached hydrogens (tertiary/aromatic N) is 3. The Kier molecular flexibility index (Phi) is 2.52. The number of nitrogens with two attached hydrogens (primary N) is 1. The van der Waals surface area contributed by atoms with E-state index in [1.54, 1.807) is 0 Å². The fourth-order valence-corrected chi connectivity index (χ4v) is 2.38. The highest BCUT2D eigenvalue weighted by atomic mass is 15.2. The quantitative estimate of drug-likeness (QED) is 0.921. The third kappa shape index (κ3) is 1.86. The van der Waals surface area contributed by atoms with Gasteiger partial charge in [-0.05, 0) is 32.8 Å². The minimum absolute atomic E-state index is 0.186. The van der Waals surface area contributed by atoms with Crippen molar-refractivity contribution < 1.29 is 0 Å². The highest BCUT2D eigenvalue weighted by Gasteiger charge is 2.42. The second-order valence-electron chi connectivity index (χ2n) is 6.75. The largest absolute Gasteiger partial charge is 0.325 e. The maximum atomic E-state index is 6.39. The van der Waals surface area contributed by atoms with Crippen molar-refractivity contribution in [2.45, 2.75) is 57.5 Å². The van der Waals surface area contributed by atoms with Crippen molar-refractivity contribution in [2.24, 2.45) is 5.73 Å². The van der Waals surface area contributed by atoms with Gasteiger partial charge in [-0.3, -0.25) is 4.98 Å². The van der Waals surface area contributed by atoms with E-state index in [1.165, 1.54) is 18.4 Å². The summed E-state index contributed by atoms with van der Waals surface area (Å²) in [7, 11) is 0. The van der Waals surface area contributed by atoms with E-state index < -0.39 is 0 Å². The standard InChI is InChI=1S/C15H22N4/c1-14(2,15(3,4)16)13-18-11-9-17-8-7-12(11)19(13)10-5-6-10/h7-10H,5-6,16H2,1-4H3. The predicted octanol–water partition coefficient (Wildman–Crippen LogP) is 2.78. The van der Waals surface area contributed by atoms with Crippen LogP contribution >= 0.6 is 0 Å². The Bertz CT molecular complexity index is 615. The smallest absolute Gasteiger partial charge is 0.117 e. The van der Waals surface area contributed by atoms with Crippen LogP contribution < -0.4 is 5.73 Å². The maximum Gasteiger partial charge on any atom is 0.117 e. The number of hydrogen-bond acceptors (Lipinski definition) is 3. The Balaban J connectivity index is 2.26. The van der Waals surface area contributed by atoms with Crippen molar-refractivity contribution in [2.75, 3.05) is 0 Å². The van der Waals surface area contributed by atoms with Gasteiger partial charge in [-0.15, -0.1) is 0 Å². The molecule has 0 atom stereocenters. The molecule has 102 valence electrons. The summed E-state index contributed by atoms with van der Waals surface area (Å²) < 4.78 is 2.38. The van der Waals surface area contributed by atoms with Crippen LogP contribution in [0.1, 0.15) is 52.4 Å². The fraction of sp³-hybridized carbons (Fsp3) is 0.600. The number of hydrogen-bond donors (Lipinski definition) is 1. The highest BCUT2D eigenvalue weighted by molar-refractivity contribution is 5.75. The van der Waals surface area contributed by atoms with E-state index in [0.29, 0.717) is 6.04 Å². The van der Waals surface area contributed by atoms with E-state index in [4.69, 9.17) is 10.7 Å². The predicted molar refractivity (Wildman–Crippen MR) is 77.1 cm³/mol. The minimum atomic E-state index is -0.325. The van der Waals surface area contributed by atoms with Gasteiger partial charge in [0.25, 0.3) is 0 Å². The number of imidazole rings is 1. The zero-order valence-corrected chi connectivity index (χ0v) is 12.1. The van der Waals surface area contributed by atoms with Gasteiger partial charge in [0.1, 0.15) is 11.3 Å². The van der Waals surface area contributed by atoms with Crippen LogP contribution in [0.3, 0.4) is 0 Å². The summed E-state index contributed by atoms with van der Waals surface area (Å²) in [6, 6.07) is 2.65. The van der Waals surface area contributed by atoms with Crippen LogP contribution in [0.5, 0.6) is 0 Å². The Morgan fingerprint density at radius 1 is 1.26 bits per heavy atom. The summed E-state index contributed by atoms with van der Waals surface area (Å²) in [5, 5.41) is 0.